The lowest BCUT2D eigenvalue weighted by Crippen LogP contribution is -2.32. The van der Waals surface area contributed by atoms with Gasteiger partial charge in [0.25, 0.3) is 5.69 Å². The molecule has 12 nitrogen and oxygen atoms in total. The minimum atomic E-state index is -1.15. The predicted octanol–water partition coefficient (Wildman–Crippen LogP) is 6.31. The number of benzene rings is 3. The highest BCUT2D eigenvalue weighted by molar-refractivity contribution is 6.32. The van der Waals surface area contributed by atoms with E-state index in [9.17, 15) is 19.7 Å². The average Bonchev–Trinajstić information content (AvgIpc) is 3.65. The van der Waals surface area contributed by atoms with E-state index in [2.05, 4.69) is 10.6 Å². The van der Waals surface area contributed by atoms with Gasteiger partial charge in [0.2, 0.25) is 0 Å². The quantitative estimate of drug-likeness (QED) is 0.109. The number of nitrogens with two attached hydrogens (primary N) is 2. The van der Waals surface area contributed by atoms with Crippen molar-refractivity contribution in [2.45, 2.75) is 24.9 Å². The Kier molecular flexibility index (Phi) is 11.4. The van der Waals surface area contributed by atoms with Crippen LogP contribution in [0, 0.1) is 10.1 Å². The Morgan fingerprint density at radius 2 is 1.27 bits per heavy atom. The van der Waals surface area contributed by atoms with Crippen LogP contribution in [0.3, 0.4) is 0 Å². The number of carboxylic acid groups (broad SMARTS) is 2. The second-order valence-electron chi connectivity index (χ2n) is 11.2. The highest BCUT2D eigenvalue weighted by Crippen LogP contribution is 2.34. The number of carbonyl (C=O) groups is 2. The highest BCUT2D eigenvalue weighted by atomic mass is 35.5. The van der Waals surface area contributed by atoms with Gasteiger partial charge in [0.05, 0.1) is 15.8 Å². The second-order valence-corrected chi connectivity index (χ2v) is 12.5. The number of nitro benzene ring substituents is 1. The first-order chi connectivity index (χ1) is 22.6. The molecule has 2 unspecified atom stereocenters. The zero-order valence-corrected chi connectivity index (χ0v) is 28.4. The van der Waals surface area contributed by atoms with E-state index in [4.69, 9.17) is 56.5 Å². The molecular weight excluding hydrogens is 683 g/mol. The number of carboxylic acids is 2. The molecule has 0 radical (unpaired) electrons. The third kappa shape index (κ3) is 8.27. The second kappa shape index (κ2) is 15.1. The molecular formula is C33H33Cl3N6O6. The molecule has 3 heterocycles. The van der Waals surface area contributed by atoms with Crippen molar-refractivity contribution in [2.75, 3.05) is 0 Å². The fourth-order valence-electron chi connectivity index (χ4n) is 5.34. The number of nitro groups is 1. The fraction of sp³-hybridized carbons (Fsp3) is 0.212. The number of rotatable bonds is 7. The summed E-state index contributed by atoms with van der Waals surface area (Å²) < 4.78 is 5.64. The van der Waals surface area contributed by atoms with Gasteiger partial charge in [0, 0.05) is 90.1 Å². The van der Waals surface area contributed by atoms with Crippen LogP contribution in [-0.2, 0) is 43.6 Å². The van der Waals surface area contributed by atoms with Gasteiger partial charge < -0.3 is 35.4 Å². The van der Waals surface area contributed by atoms with E-state index in [-0.39, 0.29) is 17.1 Å². The lowest BCUT2D eigenvalue weighted by molar-refractivity contribution is -0.383. The maximum atomic E-state index is 11.1. The summed E-state index contributed by atoms with van der Waals surface area (Å²) in [6.07, 6.45) is 5.88. The number of aryl methyl sites for hydroxylation is 3. The van der Waals surface area contributed by atoms with Crippen molar-refractivity contribution in [2.24, 2.45) is 32.6 Å². The molecule has 48 heavy (non-hydrogen) atoms. The molecule has 2 atom stereocenters. The van der Waals surface area contributed by atoms with E-state index >= 15 is 0 Å². The maximum Gasteiger partial charge on any atom is 0.320 e. The largest absolute Gasteiger partial charge is 0.480 e. The molecule has 3 aromatic heterocycles. The molecule has 0 bridgehead atoms. The third-order valence-electron chi connectivity index (χ3n) is 7.71. The van der Waals surface area contributed by atoms with Crippen LogP contribution in [0.1, 0.15) is 11.1 Å². The van der Waals surface area contributed by atoms with Crippen LogP contribution in [0.5, 0.6) is 0 Å². The number of fused-ring (bicyclic) bond motifs is 3. The first kappa shape index (κ1) is 36.2. The molecule has 0 saturated heterocycles. The maximum absolute atomic E-state index is 11.1. The molecule has 15 heteroatoms. The van der Waals surface area contributed by atoms with E-state index < -0.39 is 28.9 Å². The SMILES string of the molecule is Cn1cc(CC(N)C(=O)O)c2c([N+](=O)[O-])cc(Cl)cc21.Cn1cc(CC(N)C(=O)O)c2ccc(Cl)cc21.Cn1ccc2ccc(Cl)cc21. The number of non-ortho nitro benzene ring substituents is 1. The lowest BCUT2D eigenvalue weighted by Gasteiger charge is -2.05. The normalized spacial score (nSPS) is 12.2. The zero-order valence-electron chi connectivity index (χ0n) is 26.1. The van der Waals surface area contributed by atoms with Crippen LogP contribution >= 0.6 is 34.8 Å². The average molecular weight is 716 g/mol. The Morgan fingerprint density at radius 3 is 1.88 bits per heavy atom. The van der Waals surface area contributed by atoms with Gasteiger partial charge in [-0.15, -0.1) is 0 Å². The lowest BCUT2D eigenvalue weighted by atomic mass is 10.0. The van der Waals surface area contributed by atoms with Crippen molar-refractivity contribution in [3.8, 4) is 0 Å². The Hall–Kier alpha value is -4.59. The molecule has 0 fully saturated rings. The molecule has 6 rings (SSSR count). The van der Waals surface area contributed by atoms with Gasteiger partial charge in [-0.2, -0.15) is 0 Å². The van der Waals surface area contributed by atoms with E-state index in [0.717, 1.165) is 21.5 Å². The number of hydrogen-bond donors (Lipinski definition) is 4. The van der Waals surface area contributed by atoms with Crippen LogP contribution in [0.25, 0.3) is 32.7 Å². The minimum absolute atomic E-state index is 0.00907. The minimum Gasteiger partial charge on any atom is -0.480 e. The van der Waals surface area contributed by atoms with Crippen LogP contribution in [0.4, 0.5) is 5.69 Å². The van der Waals surface area contributed by atoms with Crippen LogP contribution in [-0.4, -0.2) is 52.9 Å². The Morgan fingerprint density at radius 1 is 0.750 bits per heavy atom. The van der Waals surface area contributed by atoms with E-state index in [1.807, 2.05) is 61.4 Å². The molecule has 0 amide bonds. The van der Waals surface area contributed by atoms with Crippen LogP contribution in [0.2, 0.25) is 15.1 Å². The summed E-state index contributed by atoms with van der Waals surface area (Å²) in [5.41, 5.74) is 15.1. The molecule has 3 aromatic carbocycles. The van der Waals surface area contributed by atoms with Crippen molar-refractivity contribution in [1.29, 1.82) is 0 Å². The summed E-state index contributed by atoms with van der Waals surface area (Å²) in [5.74, 6) is -2.14. The first-order valence-corrected chi connectivity index (χ1v) is 15.5. The molecule has 6 aromatic rings. The summed E-state index contributed by atoms with van der Waals surface area (Å²) in [6, 6.07) is 14.4. The number of hydrogen-bond acceptors (Lipinski definition) is 6. The molecule has 6 N–H and O–H groups in total. The van der Waals surface area contributed by atoms with Gasteiger partial charge in [-0.05, 0) is 52.9 Å². The summed E-state index contributed by atoms with van der Waals surface area (Å²) in [5, 5.41) is 33.1. The van der Waals surface area contributed by atoms with Crippen LogP contribution < -0.4 is 11.5 Å². The standard InChI is InChI=1S/C12H12ClN3O4.C12H13ClN2O2.C9H8ClN/c1-15-5-6(2-8(14)12(17)18)11-9(15)3-7(13)4-10(11)16(19)20;1-15-6-7(4-10(14)12(16)17)9-3-2-8(13)5-11(9)15;1-11-5-4-7-2-3-8(10)6-9(7)11/h3-5,8H,2,14H2,1H3,(H,17,18);2-3,5-6,10H,4,14H2,1H3,(H,16,17);2-6H,1H3. The predicted molar refractivity (Wildman–Crippen MR) is 189 cm³/mol. The van der Waals surface area contributed by atoms with Gasteiger partial charge in [0.15, 0.2) is 0 Å². The smallest absolute Gasteiger partial charge is 0.320 e. The fourth-order valence-corrected chi connectivity index (χ4v) is 5.88. The molecule has 0 spiro atoms. The van der Waals surface area contributed by atoms with Crippen molar-refractivity contribution in [1.82, 2.24) is 13.7 Å². The number of nitrogens with zero attached hydrogens (tertiary/aromatic N) is 4. The van der Waals surface area contributed by atoms with E-state index in [0.29, 0.717) is 27.9 Å². The monoisotopic (exact) mass is 714 g/mol. The van der Waals surface area contributed by atoms with E-state index in [1.165, 1.54) is 17.0 Å². The highest BCUT2D eigenvalue weighted by Gasteiger charge is 2.23. The van der Waals surface area contributed by atoms with Gasteiger partial charge in [-0.25, -0.2) is 0 Å². The van der Waals surface area contributed by atoms with Gasteiger partial charge in [-0.3, -0.25) is 19.7 Å². The van der Waals surface area contributed by atoms with Crippen molar-refractivity contribution < 1.29 is 24.7 Å². The summed E-state index contributed by atoms with van der Waals surface area (Å²) in [4.78, 5) is 32.2. The van der Waals surface area contributed by atoms with Gasteiger partial charge in [-0.1, -0.05) is 46.9 Å². The first-order valence-electron chi connectivity index (χ1n) is 14.4. The Bertz CT molecular complexity index is 2150. The topological polar surface area (TPSA) is 185 Å². The molecule has 0 aliphatic carbocycles. The van der Waals surface area contributed by atoms with E-state index in [1.54, 1.807) is 29.9 Å². The Balaban J connectivity index is 0.000000169. The van der Waals surface area contributed by atoms with Crippen molar-refractivity contribution in [3.05, 3.63) is 109 Å². The molecule has 0 saturated carbocycles. The van der Waals surface area contributed by atoms with Gasteiger partial charge in [0.1, 0.15) is 12.1 Å². The van der Waals surface area contributed by atoms with Crippen LogP contribution in [0.15, 0.2) is 73.2 Å². The molecule has 252 valence electrons. The number of halogens is 3. The molecule has 0 aliphatic rings. The number of aromatic nitrogens is 3. The third-order valence-corrected chi connectivity index (χ3v) is 8.40. The summed E-state index contributed by atoms with van der Waals surface area (Å²) >= 11 is 17.6. The Labute approximate surface area is 289 Å². The number of aliphatic carboxylic acids is 2. The summed E-state index contributed by atoms with van der Waals surface area (Å²) in [7, 11) is 5.62. The molecule has 0 aliphatic heterocycles. The van der Waals surface area contributed by atoms with Crippen molar-refractivity contribution >= 4 is 85.1 Å². The van der Waals surface area contributed by atoms with Gasteiger partial charge >= 0.3 is 11.9 Å². The summed E-state index contributed by atoms with van der Waals surface area (Å²) in [6.45, 7) is 0. The van der Waals surface area contributed by atoms with Crippen molar-refractivity contribution in [3.63, 3.8) is 0 Å². The zero-order chi connectivity index (χ0) is 35.4.